The van der Waals surface area contributed by atoms with Crippen molar-refractivity contribution in [2.24, 2.45) is 0 Å². The highest BCUT2D eigenvalue weighted by Crippen LogP contribution is 2.21. The van der Waals surface area contributed by atoms with E-state index >= 15 is 0 Å². The van der Waals surface area contributed by atoms with E-state index in [2.05, 4.69) is 0 Å². The Labute approximate surface area is 112 Å². The van der Waals surface area contributed by atoms with Crippen LogP contribution >= 0.6 is 0 Å². The van der Waals surface area contributed by atoms with E-state index in [0.717, 1.165) is 11.3 Å². The Bertz CT molecular complexity index is 484. The summed E-state index contributed by atoms with van der Waals surface area (Å²) in [6.45, 7) is 2.22. The molecule has 0 spiro atoms. The Balaban J connectivity index is 2.18. The molecule has 2 amide bonds. The summed E-state index contributed by atoms with van der Waals surface area (Å²) in [5, 5.41) is 9.10. The largest absolute Gasteiger partial charge is 0.396 e. The lowest BCUT2D eigenvalue weighted by Crippen LogP contribution is -2.52. The van der Waals surface area contributed by atoms with Crippen molar-refractivity contribution >= 4 is 17.5 Å². The Morgan fingerprint density at radius 2 is 1.79 bits per heavy atom. The molecule has 1 aromatic carbocycles. The molecule has 1 N–H and O–H groups in total. The number of carbonyl (C=O) groups is 2. The van der Waals surface area contributed by atoms with E-state index in [1.807, 2.05) is 31.2 Å². The fraction of sp³-hybridized carbons (Fsp3) is 0.429. The van der Waals surface area contributed by atoms with Crippen molar-refractivity contribution in [3.8, 4) is 0 Å². The number of hydrogen-bond donors (Lipinski definition) is 1. The minimum absolute atomic E-state index is 0.0626. The zero-order valence-electron chi connectivity index (χ0n) is 11.2. The molecule has 1 atom stereocenters. The van der Waals surface area contributed by atoms with Gasteiger partial charge in [0, 0.05) is 25.3 Å². The van der Waals surface area contributed by atoms with Gasteiger partial charge in [0.15, 0.2) is 0 Å². The molecule has 1 unspecified atom stereocenters. The van der Waals surface area contributed by atoms with Crippen LogP contribution in [0.15, 0.2) is 24.3 Å². The zero-order chi connectivity index (χ0) is 14.0. The van der Waals surface area contributed by atoms with Crippen molar-refractivity contribution in [3.63, 3.8) is 0 Å². The summed E-state index contributed by atoms with van der Waals surface area (Å²) in [5.74, 6) is -0.0728. The summed E-state index contributed by atoms with van der Waals surface area (Å²) in [4.78, 5) is 26.5. The number of nitrogens with zero attached hydrogens (tertiary/aromatic N) is 2. The number of piperazine rings is 1. The van der Waals surface area contributed by atoms with Gasteiger partial charge in [-0.3, -0.25) is 9.59 Å². The lowest BCUT2D eigenvalue weighted by atomic mass is 10.0. The monoisotopic (exact) mass is 262 g/mol. The van der Waals surface area contributed by atoms with Crippen LogP contribution in [0, 0.1) is 0 Å². The lowest BCUT2D eigenvalue weighted by Gasteiger charge is -2.31. The van der Waals surface area contributed by atoms with Gasteiger partial charge in [0.25, 0.3) is 0 Å². The second-order valence-corrected chi connectivity index (χ2v) is 4.90. The molecule has 1 heterocycles. The van der Waals surface area contributed by atoms with Crippen molar-refractivity contribution in [2.75, 3.05) is 31.6 Å². The van der Waals surface area contributed by atoms with Crippen molar-refractivity contribution in [1.29, 1.82) is 0 Å². The number of likely N-dealkylation sites (N-methyl/N-ethyl adjacent to an activating group) is 1. The maximum absolute atomic E-state index is 11.9. The van der Waals surface area contributed by atoms with Crippen LogP contribution < -0.4 is 4.90 Å². The highest BCUT2D eigenvalue weighted by Gasteiger charge is 2.28. The molecule has 1 aromatic rings. The number of anilines is 1. The van der Waals surface area contributed by atoms with Gasteiger partial charge < -0.3 is 14.9 Å². The number of rotatable bonds is 3. The first-order chi connectivity index (χ1) is 9.02. The number of aliphatic hydroxyl groups excluding tert-OH is 1. The van der Waals surface area contributed by atoms with E-state index in [1.54, 1.807) is 7.05 Å². The molecule has 0 aliphatic carbocycles. The molecule has 1 fully saturated rings. The van der Waals surface area contributed by atoms with Crippen LogP contribution in [0.1, 0.15) is 18.4 Å². The average molecular weight is 262 g/mol. The highest BCUT2D eigenvalue weighted by molar-refractivity contribution is 6.04. The molecule has 5 heteroatoms. The molecule has 2 rings (SSSR count). The quantitative estimate of drug-likeness (QED) is 0.867. The van der Waals surface area contributed by atoms with E-state index in [-0.39, 0.29) is 37.4 Å². The van der Waals surface area contributed by atoms with Crippen molar-refractivity contribution in [1.82, 2.24) is 4.90 Å². The molecule has 0 radical (unpaired) electrons. The van der Waals surface area contributed by atoms with Crippen LogP contribution in [0.3, 0.4) is 0 Å². The number of aliphatic hydroxyl groups is 1. The van der Waals surface area contributed by atoms with Crippen LogP contribution in [0.4, 0.5) is 5.69 Å². The minimum Gasteiger partial charge on any atom is -0.396 e. The number of amides is 2. The van der Waals surface area contributed by atoms with Gasteiger partial charge in [-0.25, -0.2) is 0 Å². The van der Waals surface area contributed by atoms with Crippen LogP contribution in [-0.2, 0) is 9.59 Å². The van der Waals surface area contributed by atoms with Crippen LogP contribution in [0.5, 0.6) is 0 Å². The van der Waals surface area contributed by atoms with Gasteiger partial charge in [0.05, 0.1) is 6.54 Å². The first kappa shape index (κ1) is 13.5. The van der Waals surface area contributed by atoms with Crippen molar-refractivity contribution in [3.05, 3.63) is 29.8 Å². The minimum atomic E-state index is -0.0787. The van der Waals surface area contributed by atoms with Crippen molar-refractivity contribution < 1.29 is 14.7 Å². The lowest BCUT2D eigenvalue weighted by molar-refractivity contribution is -0.136. The highest BCUT2D eigenvalue weighted by atomic mass is 16.3. The zero-order valence-corrected chi connectivity index (χ0v) is 11.2. The van der Waals surface area contributed by atoms with Crippen LogP contribution in [0.25, 0.3) is 0 Å². The molecule has 1 aliphatic heterocycles. The average Bonchev–Trinajstić information content (AvgIpc) is 2.42. The summed E-state index contributed by atoms with van der Waals surface area (Å²) in [6.07, 6.45) is 0. The van der Waals surface area contributed by atoms with Gasteiger partial charge in [0.2, 0.25) is 11.8 Å². The van der Waals surface area contributed by atoms with E-state index in [1.165, 1.54) is 9.80 Å². The molecular weight excluding hydrogens is 244 g/mol. The molecule has 0 saturated carbocycles. The second kappa shape index (κ2) is 5.40. The van der Waals surface area contributed by atoms with E-state index in [0.29, 0.717) is 0 Å². The van der Waals surface area contributed by atoms with Crippen molar-refractivity contribution in [2.45, 2.75) is 12.8 Å². The van der Waals surface area contributed by atoms with Crippen LogP contribution in [0.2, 0.25) is 0 Å². The third-order valence-electron chi connectivity index (χ3n) is 3.44. The molecule has 0 bridgehead atoms. The number of carbonyl (C=O) groups excluding carboxylic acids is 2. The SMILES string of the molecule is CC(CO)c1ccc(N2CC(=O)N(C)CC2=O)cc1. The Morgan fingerprint density at radius 3 is 2.37 bits per heavy atom. The van der Waals surface area contributed by atoms with Gasteiger partial charge in [-0.1, -0.05) is 19.1 Å². The summed E-state index contributed by atoms with van der Waals surface area (Å²) in [6, 6.07) is 7.40. The molecule has 19 heavy (non-hydrogen) atoms. The van der Waals surface area contributed by atoms with E-state index in [4.69, 9.17) is 5.11 Å². The van der Waals surface area contributed by atoms with Gasteiger partial charge >= 0.3 is 0 Å². The fourth-order valence-electron chi connectivity index (χ4n) is 2.04. The number of benzene rings is 1. The summed E-state index contributed by atoms with van der Waals surface area (Å²) < 4.78 is 0. The third kappa shape index (κ3) is 2.76. The van der Waals surface area contributed by atoms with Gasteiger partial charge in [-0.15, -0.1) is 0 Å². The fourth-order valence-corrected chi connectivity index (χ4v) is 2.04. The molecular formula is C14H18N2O3. The van der Waals surface area contributed by atoms with Gasteiger partial charge in [-0.05, 0) is 17.7 Å². The van der Waals surface area contributed by atoms with E-state index < -0.39 is 0 Å². The smallest absolute Gasteiger partial charge is 0.247 e. The maximum Gasteiger partial charge on any atom is 0.247 e. The third-order valence-corrected chi connectivity index (χ3v) is 3.44. The molecule has 0 aromatic heterocycles. The first-order valence-corrected chi connectivity index (χ1v) is 6.28. The van der Waals surface area contributed by atoms with E-state index in [9.17, 15) is 9.59 Å². The summed E-state index contributed by atoms with van der Waals surface area (Å²) >= 11 is 0. The molecule has 1 saturated heterocycles. The first-order valence-electron chi connectivity index (χ1n) is 6.28. The van der Waals surface area contributed by atoms with Crippen LogP contribution in [-0.4, -0.2) is 48.6 Å². The molecule has 102 valence electrons. The summed E-state index contributed by atoms with van der Waals surface area (Å²) in [5.41, 5.74) is 1.74. The normalized spacial score (nSPS) is 17.8. The second-order valence-electron chi connectivity index (χ2n) is 4.90. The van der Waals surface area contributed by atoms with Gasteiger partial charge in [-0.2, -0.15) is 0 Å². The Hall–Kier alpha value is -1.88. The maximum atomic E-state index is 11.9. The predicted octanol–water partition coefficient (Wildman–Crippen LogP) is 0.587. The Kier molecular flexibility index (Phi) is 3.85. The Morgan fingerprint density at radius 1 is 1.16 bits per heavy atom. The van der Waals surface area contributed by atoms with Gasteiger partial charge in [0.1, 0.15) is 6.54 Å². The topological polar surface area (TPSA) is 60.9 Å². The predicted molar refractivity (Wildman–Crippen MR) is 71.9 cm³/mol. The standard InChI is InChI=1S/C14H18N2O3/c1-10(9-17)11-3-5-12(6-4-11)16-8-13(18)15(2)7-14(16)19/h3-6,10,17H,7-9H2,1-2H3. The summed E-state index contributed by atoms with van der Waals surface area (Å²) in [7, 11) is 1.63. The molecule has 5 nitrogen and oxygen atoms in total. The number of hydrogen-bond acceptors (Lipinski definition) is 3. The molecule has 1 aliphatic rings.